The van der Waals surface area contributed by atoms with Gasteiger partial charge in [0, 0.05) is 16.4 Å². The highest BCUT2D eigenvalue weighted by molar-refractivity contribution is 7.99. The van der Waals surface area contributed by atoms with E-state index < -0.39 is 0 Å². The van der Waals surface area contributed by atoms with Crippen LogP contribution in [0, 0.1) is 5.82 Å². The lowest BCUT2D eigenvalue weighted by atomic mass is 9.97. The van der Waals surface area contributed by atoms with Crippen LogP contribution in [0.4, 0.5) is 4.39 Å². The molecule has 5 nitrogen and oxygen atoms in total. The van der Waals surface area contributed by atoms with Gasteiger partial charge < -0.3 is 0 Å². The van der Waals surface area contributed by atoms with Crippen molar-refractivity contribution >= 4 is 44.7 Å². The zero-order chi connectivity index (χ0) is 20.8. The molecule has 8 heteroatoms. The van der Waals surface area contributed by atoms with Crippen LogP contribution in [0.1, 0.15) is 59.2 Å². The summed E-state index contributed by atoms with van der Waals surface area (Å²) in [6, 6.07) is 5.65. The van der Waals surface area contributed by atoms with Gasteiger partial charge in [-0.15, -0.1) is 21.5 Å². The summed E-state index contributed by atoms with van der Waals surface area (Å²) in [5.41, 5.74) is 2.72. The number of benzene rings is 1. The number of aryl methyl sites for hydroxylation is 2. The van der Waals surface area contributed by atoms with E-state index in [2.05, 4.69) is 24.0 Å². The lowest BCUT2D eigenvalue weighted by Crippen LogP contribution is -2.07. The quantitative estimate of drug-likeness (QED) is 0.305. The highest BCUT2D eigenvalue weighted by atomic mass is 32.2. The van der Waals surface area contributed by atoms with E-state index in [-0.39, 0.29) is 23.3 Å². The molecule has 0 bridgehead atoms. The van der Waals surface area contributed by atoms with Gasteiger partial charge in [0.25, 0.3) is 0 Å². The van der Waals surface area contributed by atoms with Gasteiger partial charge in [0.15, 0.2) is 16.6 Å². The number of fused-ring (bicyclic) bond motifs is 5. The molecule has 0 N–H and O–H groups in total. The van der Waals surface area contributed by atoms with Gasteiger partial charge in [0.2, 0.25) is 0 Å². The summed E-state index contributed by atoms with van der Waals surface area (Å²) in [4.78, 5) is 20.0. The minimum absolute atomic E-state index is 0.0650. The second-order valence-corrected chi connectivity index (χ2v) is 9.90. The van der Waals surface area contributed by atoms with E-state index in [9.17, 15) is 9.18 Å². The van der Waals surface area contributed by atoms with Crippen LogP contribution < -0.4 is 0 Å². The minimum atomic E-state index is -0.349. The Morgan fingerprint density at radius 3 is 2.73 bits per heavy atom. The van der Waals surface area contributed by atoms with Gasteiger partial charge in [-0.1, -0.05) is 25.6 Å². The van der Waals surface area contributed by atoms with Gasteiger partial charge in [-0.05, 0) is 55.5 Å². The first-order valence-corrected chi connectivity index (χ1v) is 11.9. The van der Waals surface area contributed by atoms with Crippen LogP contribution in [-0.4, -0.2) is 31.1 Å². The first-order chi connectivity index (χ1) is 14.5. The summed E-state index contributed by atoms with van der Waals surface area (Å²) in [7, 11) is 0. The number of aromatic nitrogens is 4. The van der Waals surface area contributed by atoms with Gasteiger partial charge in [0.1, 0.15) is 16.5 Å². The number of carbonyl (C=O) groups excluding carboxylic acids is 1. The van der Waals surface area contributed by atoms with Crippen molar-refractivity contribution in [2.24, 2.45) is 0 Å². The van der Waals surface area contributed by atoms with Gasteiger partial charge in [-0.25, -0.2) is 9.37 Å². The van der Waals surface area contributed by atoms with E-state index in [0.29, 0.717) is 10.7 Å². The van der Waals surface area contributed by atoms with Crippen LogP contribution in [0.2, 0.25) is 0 Å². The van der Waals surface area contributed by atoms with Crippen molar-refractivity contribution in [2.75, 3.05) is 5.75 Å². The highest BCUT2D eigenvalue weighted by Gasteiger charge is 2.24. The van der Waals surface area contributed by atoms with Gasteiger partial charge in [-0.2, -0.15) is 0 Å². The topological polar surface area (TPSA) is 60.2 Å². The average molecular weight is 441 g/mol. The molecule has 30 heavy (non-hydrogen) atoms. The Bertz CT molecular complexity index is 1260. The molecule has 0 atom stereocenters. The predicted molar refractivity (Wildman–Crippen MR) is 118 cm³/mol. The summed E-state index contributed by atoms with van der Waals surface area (Å²) in [6.07, 6.45) is 4.60. The van der Waals surface area contributed by atoms with Gasteiger partial charge in [-0.3, -0.25) is 9.20 Å². The van der Waals surface area contributed by atoms with Crippen molar-refractivity contribution in [2.45, 2.75) is 50.6 Å². The van der Waals surface area contributed by atoms with Gasteiger partial charge in [0.05, 0.1) is 11.1 Å². The lowest BCUT2D eigenvalue weighted by molar-refractivity contribution is 0.102. The third-order valence-electron chi connectivity index (χ3n) is 5.47. The number of thioether (sulfide) groups is 1. The number of thiophene rings is 1. The second kappa shape index (κ2) is 7.74. The predicted octanol–water partition coefficient (Wildman–Crippen LogP) is 5.46. The number of halogens is 1. The zero-order valence-electron chi connectivity index (χ0n) is 16.8. The molecular weight excluding hydrogens is 419 g/mol. The highest BCUT2D eigenvalue weighted by Crippen LogP contribution is 2.39. The molecule has 0 spiro atoms. The van der Waals surface area contributed by atoms with Crippen molar-refractivity contribution < 1.29 is 9.18 Å². The Labute approximate surface area is 181 Å². The molecular formula is C22H21FN4OS2. The number of hydrogen-bond donors (Lipinski definition) is 0. The van der Waals surface area contributed by atoms with Crippen LogP contribution in [0.25, 0.3) is 15.9 Å². The SMILES string of the molecule is CC(C)c1nc2sc3c(c2c2nnc(SCC(=O)c4ccc(F)cc4)n12)CCCC3. The summed E-state index contributed by atoms with van der Waals surface area (Å²) in [6.45, 7) is 4.22. The monoisotopic (exact) mass is 440 g/mol. The van der Waals surface area contributed by atoms with E-state index in [0.717, 1.165) is 34.5 Å². The van der Waals surface area contributed by atoms with Crippen LogP contribution in [-0.2, 0) is 12.8 Å². The summed E-state index contributed by atoms with van der Waals surface area (Å²) in [5.74, 6) is 0.907. The Hall–Kier alpha value is -2.32. The maximum absolute atomic E-state index is 13.1. The molecule has 4 aromatic rings. The molecule has 0 radical (unpaired) electrons. The largest absolute Gasteiger partial charge is 0.293 e. The maximum atomic E-state index is 13.1. The Morgan fingerprint density at radius 1 is 1.20 bits per heavy atom. The lowest BCUT2D eigenvalue weighted by Gasteiger charge is -2.12. The Morgan fingerprint density at radius 2 is 1.97 bits per heavy atom. The van der Waals surface area contributed by atoms with Crippen molar-refractivity contribution in [1.82, 2.24) is 19.6 Å². The van der Waals surface area contributed by atoms with Crippen LogP contribution in [0.15, 0.2) is 29.4 Å². The number of rotatable bonds is 5. The fourth-order valence-electron chi connectivity index (χ4n) is 3.98. The minimum Gasteiger partial charge on any atom is -0.293 e. The fourth-order valence-corrected chi connectivity index (χ4v) is 6.08. The van der Waals surface area contributed by atoms with E-state index in [4.69, 9.17) is 4.98 Å². The standard InChI is InChI=1S/C22H21FN4OS2/c1-12(2)19-24-21-18(15-5-3-4-6-17(15)30-21)20-25-26-22(27(19)20)29-11-16(28)13-7-9-14(23)10-8-13/h7-10,12H,3-6,11H2,1-2H3. The van der Waals surface area contributed by atoms with E-state index >= 15 is 0 Å². The van der Waals surface area contributed by atoms with E-state index in [1.54, 1.807) is 11.3 Å². The normalized spacial score (nSPS) is 14.0. The van der Waals surface area contributed by atoms with Crippen LogP contribution in [0.3, 0.4) is 0 Å². The molecule has 5 rings (SSSR count). The number of carbonyl (C=O) groups is 1. The third kappa shape index (κ3) is 3.32. The van der Waals surface area contributed by atoms with Crippen LogP contribution in [0.5, 0.6) is 0 Å². The third-order valence-corrected chi connectivity index (χ3v) is 7.58. The molecule has 0 fully saturated rings. The fraction of sp³-hybridized carbons (Fsp3) is 0.364. The molecule has 0 saturated carbocycles. The molecule has 1 aliphatic rings. The average Bonchev–Trinajstić information content (AvgIpc) is 3.32. The first-order valence-electron chi connectivity index (χ1n) is 10.1. The summed E-state index contributed by atoms with van der Waals surface area (Å²) >= 11 is 3.14. The smallest absolute Gasteiger partial charge is 0.197 e. The number of Topliss-reactive ketones (excluding diaryl/α,β-unsaturated/α-hetero) is 1. The molecule has 3 heterocycles. The molecule has 0 unspecified atom stereocenters. The summed E-state index contributed by atoms with van der Waals surface area (Å²) in [5, 5.41) is 10.8. The molecule has 0 aliphatic heterocycles. The van der Waals surface area contributed by atoms with Gasteiger partial charge >= 0.3 is 0 Å². The Kier molecular flexibility index (Phi) is 5.06. The van der Waals surface area contributed by atoms with Crippen LogP contribution >= 0.6 is 23.1 Å². The number of ketones is 1. The van der Waals surface area contributed by atoms with Crippen molar-refractivity contribution in [1.29, 1.82) is 0 Å². The molecule has 3 aromatic heterocycles. The number of nitrogens with zero attached hydrogens (tertiary/aromatic N) is 4. The Balaban J connectivity index is 1.55. The maximum Gasteiger partial charge on any atom is 0.197 e. The molecule has 154 valence electrons. The van der Waals surface area contributed by atoms with Crippen molar-refractivity contribution in [3.8, 4) is 0 Å². The van der Waals surface area contributed by atoms with E-state index in [1.165, 1.54) is 59.3 Å². The van der Waals surface area contributed by atoms with E-state index in [1.807, 2.05) is 4.40 Å². The second-order valence-electron chi connectivity index (χ2n) is 7.88. The summed E-state index contributed by atoms with van der Waals surface area (Å²) < 4.78 is 15.2. The van der Waals surface area contributed by atoms with Crippen molar-refractivity contribution in [3.63, 3.8) is 0 Å². The first kappa shape index (κ1) is 19.6. The molecule has 1 aromatic carbocycles. The number of hydrogen-bond acceptors (Lipinski definition) is 6. The van der Waals surface area contributed by atoms with Crippen molar-refractivity contribution in [3.05, 3.63) is 51.9 Å². The zero-order valence-corrected chi connectivity index (χ0v) is 18.4. The molecule has 0 amide bonds. The molecule has 1 aliphatic carbocycles. The molecule has 0 saturated heterocycles.